The van der Waals surface area contributed by atoms with Gasteiger partial charge in [0.25, 0.3) is 0 Å². The van der Waals surface area contributed by atoms with Gasteiger partial charge in [-0.1, -0.05) is 31.6 Å². The van der Waals surface area contributed by atoms with Gasteiger partial charge in [0.2, 0.25) is 11.0 Å². The number of halogens is 1. The number of carbonyl (C=O) groups is 1. The average Bonchev–Trinajstić information content (AvgIpc) is 2.80. The summed E-state index contributed by atoms with van der Waals surface area (Å²) >= 11 is 7.07. The summed E-state index contributed by atoms with van der Waals surface area (Å²) in [5, 5.41) is 12.4. The van der Waals surface area contributed by atoms with Gasteiger partial charge in [-0.2, -0.15) is 0 Å². The van der Waals surface area contributed by atoms with Crippen LogP contribution in [0.25, 0.3) is 0 Å². The first kappa shape index (κ1) is 15.4. The fraction of sp³-hybridized carbons (Fsp3) is 0.750. The molecule has 102 valence electrons. The Hall–Kier alpha value is -0.680. The Labute approximate surface area is 117 Å². The van der Waals surface area contributed by atoms with Crippen LogP contribution in [0.5, 0.6) is 0 Å². The number of hydrogen-bond donors (Lipinski definition) is 1. The van der Waals surface area contributed by atoms with E-state index >= 15 is 0 Å². The van der Waals surface area contributed by atoms with Crippen LogP contribution in [0.4, 0.5) is 5.13 Å². The second kappa shape index (κ2) is 8.43. The summed E-state index contributed by atoms with van der Waals surface area (Å²) in [5.41, 5.74) is 0. The summed E-state index contributed by atoms with van der Waals surface area (Å²) in [7, 11) is 0. The Morgan fingerprint density at radius 3 is 2.89 bits per heavy atom. The Morgan fingerprint density at radius 1 is 1.44 bits per heavy atom. The van der Waals surface area contributed by atoms with Crippen molar-refractivity contribution < 1.29 is 4.79 Å². The van der Waals surface area contributed by atoms with Crippen LogP contribution >= 0.6 is 22.9 Å². The minimum Gasteiger partial charge on any atom is -0.300 e. The number of nitrogens with one attached hydrogen (secondary N) is 1. The summed E-state index contributed by atoms with van der Waals surface area (Å²) in [5.74, 6) is 0.558. The molecule has 1 aromatic heterocycles. The number of aryl methyl sites for hydroxylation is 1. The first-order valence-corrected chi connectivity index (χ1v) is 7.71. The minimum atomic E-state index is -0.0354. The molecular formula is C12H20ClN3OS. The highest BCUT2D eigenvalue weighted by atomic mass is 35.5. The summed E-state index contributed by atoms with van der Waals surface area (Å²) < 4.78 is 0. The van der Waals surface area contributed by atoms with E-state index in [0.29, 0.717) is 11.0 Å². The van der Waals surface area contributed by atoms with Crippen molar-refractivity contribution in [1.29, 1.82) is 0 Å². The maximum absolute atomic E-state index is 11.8. The SMILES string of the molecule is CCCCc1nnc(NC(=O)C(C)CCCCl)s1. The number of rotatable bonds is 8. The van der Waals surface area contributed by atoms with Crippen molar-refractivity contribution in [3.63, 3.8) is 0 Å². The number of carbonyl (C=O) groups excluding carboxylic acids is 1. The van der Waals surface area contributed by atoms with E-state index in [9.17, 15) is 4.79 Å². The topological polar surface area (TPSA) is 54.9 Å². The van der Waals surface area contributed by atoms with Crippen molar-refractivity contribution in [3.05, 3.63) is 5.01 Å². The number of alkyl halides is 1. The molecule has 1 aromatic rings. The van der Waals surface area contributed by atoms with Crippen molar-refractivity contribution in [2.24, 2.45) is 5.92 Å². The molecule has 18 heavy (non-hydrogen) atoms. The molecule has 1 atom stereocenters. The Morgan fingerprint density at radius 2 is 2.22 bits per heavy atom. The number of anilines is 1. The highest BCUT2D eigenvalue weighted by Crippen LogP contribution is 2.18. The summed E-state index contributed by atoms with van der Waals surface area (Å²) in [4.78, 5) is 11.8. The van der Waals surface area contributed by atoms with Crippen LogP contribution in [0.3, 0.4) is 0 Å². The van der Waals surface area contributed by atoms with Crippen LogP contribution in [0, 0.1) is 5.92 Å². The molecule has 0 radical (unpaired) electrons. The molecule has 1 heterocycles. The van der Waals surface area contributed by atoms with E-state index in [1.807, 2.05) is 6.92 Å². The van der Waals surface area contributed by atoms with E-state index in [2.05, 4.69) is 22.4 Å². The molecule has 1 amide bonds. The maximum atomic E-state index is 11.8. The molecule has 0 saturated carbocycles. The molecule has 0 aromatic carbocycles. The molecule has 0 bridgehead atoms. The van der Waals surface area contributed by atoms with Gasteiger partial charge in [0.1, 0.15) is 5.01 Å². The first-order chi connectivity index (χ1) is 8.67. The van der Waals surface area contributed by atoms with Gasteiger partial charge in [0.05, 0.1) is 0 Å². The van der Waals surface area contributed by atoms with Gasteiger partial charge in [-0.05, 0) is 19.3 Å². The van der Waals surface area contributed by atoms with E-state index in [0.717, 1.165) is 37.1 Å². The third-order valence-corrected chi connectivity index (χ3v) is 3.83. The highest BCUT2D eigenvalue weighted by Gasteiger charge is 2.14. The van der Waals surface area contributed by atoms with Crippen molar-refractivity contribution >= 4 is 34.0 Å². The Bertz CT molecular complexity index is 370. The molecule has 0 fully saturated rings. The quantitative estimate of drug-likeness (QED) is 0.746. The van der Waals surface area contributed by atoms with E-state index in [1.165, 1.54) is 11.3 Å². The van der Waals surface area contributed by atoms with Gasteiger partial charge in [-0.25, -0.2) is 0 Å². The zero-order chi connectivity index (χ0) is 13.4. The molecule has 0 aliphatic rings. The number of nitrogens with zero attached hydrogens (tertiary/aromatic N) is 2. The molecule has 1 rings (SSSR count). The number of unbranched alkanes of at least 4 members (excludes halogenated alkanes) is 1. The monoisotopic (exact) mass is 289 g/mol. The zero-order valence-corrected chi connectivity index (χ0v) is 12.5. The first-order valence-electron chi connectivity index (χ1n) is 6.36. The summed E-state index contributed by atoms with van der Waals surface area (Å²) in [6.07, 6.45) is 4.84. The molecule has 4 nitrogen and oxygen atoms in total. The van der Waals surface area contributed by atoms with Crippen molar-refractivity contribution in [2.45, 2.75) is 46.0 Å². The van der Waals surface area contributed by atoms with E-state index in [-0.39, 0.29) is 11.8 Å². The predicted molar refractivity (Wildman–Crippen MR) is 76.3 cm³/mol. The number of aromatic nitrogens is 2. The summed E-state index contributed by atoms with van der Waals surface area (Å²) in [6, 6.07) is 0. The number of hydrogen-bond acceptors (Lipinski definition) is 4. The smallest absolute Gasteiger partial charge is 0.229 e. The lowest BCUT2D eigenvalue weighted by Crippen LogP contribution is -2.20. The normalized spacial score (nSPS) is 12.4. The van der Waals surface area contributed by atoms with Crippen LogP contribution in [0.2, 0.25) is 0 Å². The Balaban J connectivity index is 2.41. The molecule has 6 heteroatoms. The van der Waals surface area contributed by atoms with Gasteiger partial charge < -0.3 is 5.32 Å². The maximum Gasteiger partial charge on any atom is 0.229 e. The highest BCUT2D eigenvalue weighted by molar-refractivity contribution is 7.15. The van der Waals surface area contributed by atoms with Crippen molar-refractivity contribution in [2.75, 3.05) is 11.2 Å². The largest absolute Gasteiger partial charge is 0.300 e. The minimum absolute atomic E-state index is 0.00157. The molecular weight excluding hydrogens is 270 g/mol. The van der Waals surface area contributed by atoms with Crippen LogP contribution < -0.4 is 5.32 Å². The molecule has 0 saturated heterocycles. The van der Waals surface area contributed by atoms with Gasteiger partial charge in [-0.15, -0.1) is 21.8 Å². The zero-order valence-electron chi connectivity index (χ0n) is 10.9. The van der Waals surface area contributed by atoms with Gasteiger partial charge in [-0.3, -0.25) is 4.79 Å². The van der Waals surface area contributed by atoms with Gasteiger partial charge >= 0.3 is 0 Å². The van der Waals surface area contributed by atoms with Gasteiger partial charge in [0, 0.05) is 18.2 Å². The van der Waals surface area contributed by atoms with E-state index in [4.69, 9.17) is 11.6 Å². The summed E-state index contributed by atoms with van der Waals surface area (Å²) in [6.45, 7) is 4.04. The lowest BCUT2D eigenvalue weighted by atomic mass is 10.1. The van der Waals surface area contributed by atoms with Crippen LogP contribution in [0.1, 0.15) is 44.5 Å². The van der Waals surface area contributed by atoms with Crippen molar-refractivity contribution in [1.82, 2.24) is 10.2 Å². The second-order valence-corrected chi connectivity index (χ2v) is 5.77. The van der Waals surface area contributed by atoms with Gasteiger partial charge in [0.15, 0.2) is 0 Å². The lowest BCUT2D eigenvalue weighted by molar-refractivity contribution is -0.119. The predicted octanol–water partition coefficient (Wildman–Crippen LogP) is 3.47. The fourth-order valence-electron chi connectivity index (χ4n) is 1.48. The molecule has 1 unspecified atom stereocenters. The van der Waals surface area contributed by atoms with Crippen molar-refractivity contribution in [3.8, 4) is 0 Å². The molecule has 0 aliphatic heterocycles. The lowest BCUT2D eigenvalue weighted by Gasteiger charge is -2.08. The van der Waals surface area contributed by atoms with Crippen LogP contribution in [-0.4, -0.2) is 22.0 Å². The van der Waals surface area contributed by atoms with E-state index < -0.39 is 0 Å². The third-order valence-electron chi connectivity index (χ3n) is 2.66. The average molecular weight is 290 g/mol. The van der Waals surface area contributed by atoms with Crippen LogP contribution in [0.15, 0.2) is 0 Å². The molecule has 1 N–H and O–H groups in total. The van der Waals surface area contributed by atoms with Crippen LogP contribution in [-0.2, 0) is 11.2 Å². The standard InChI is InChI=1S/C12H20ClN3OS/c1-3-4-7-10-15-16-12(18-10)14-11(17)9(2)6-5-8-13/h9H,3-8H2,1-2H3,(H,14,16,17). The Kier molecular flexibility index (Phi) is 7.20. The molecule has 0 aliphatic carbocycles. The fourth-order valence-corrected chi connectivity index (χ4v) is 2.41. The second-order valence-electron chi connectivity index (χ2n) is 4.33. The third kappa shape index (κ3) is 5.31. The molecule has 0 spiro atoms. The van der Waals surface area contributed by atoms with E-state index in [1.54, 1.807) is 0 Å². The number of amides is 1.